The van der Waals surface area contributed by atoms with Crippen molar-refractivity contribution < 1.29 is 19.7 Å². The van der Waals surface area contributed by atoms with Crippen molar-refractivity contribution in [3.63, 3.8) is 0 Å². The van der Waals surface area contributed by atoms with E-state index in [1.165, 1.54) is 0 Å². The zero-order valence-corrected chi connectivity index (χ0v) is 10.7. The second-order valence-electron chi connectivity index (χ2n) is 6.48. The van der Waals surface area contributed by atoms with E-state index in [9.17, 15) is 10.2 Å². The van der Waals surface area contributed by atoms with Crippen LogP contribution in [0.2, 0.25) is 0 Å². The topological polar surface area (TPSA) is 58.9 Å². The minimum atomic E-state index is -0.926. The highest BCUT2D eigenvalue weighted by molar-refractivity contribution is 5.08. The Hall–Kier alpha value is -0.160. The molecule has 2 bridgehead atoms. The summed E-state index contributed by atoms with van der Waals surface area (Å²) in [5, 5.41) is 20.3. The predicted molar refractivity (Wildman–Crippen MR) is 61.3 cm³/mol. The molecule has 2 heterocycles. The van der Waals surface area contributed by atoms with Gasteiger partial charge in [-0.15, -0.1) is 0 Å². The lowest BCUT2D eigenvalue weighted by Crippen LogP contribution is -2.49. The molecule has 3 rings (SSSR count). The fourth-order valence-corrected chi connectivity index (χ4v) is 3.90. The number of ether oxygens (including phenoxy) is 2. The molecule has 1 aliphatic carbocycles. The Balaban J connectivity index is 1.95. The quantitative estimate of drug-likeness (QED) is 0.721. The average molecular weight is 242 g/mol. The molecule has 98 valence electrons. The molecule has 2 N–H and O–H groups in total. The summed E-state index contributed by atoms with van der Waals surface area (Å²) in [6.45, 7) is 5.70. The molecule has 3 aliphatic rings. The van der Waals surface area contributed by atoms with E-state index in [4.69, 9.17) is 9.47 Å². The SMILES string of the molecule is CC1CC2OC3(OC2C(C)(C)O)C(O)CCC13. The standard InChI is InChI=1S/C13H22O4/c1-7-6-9-11(12(2,3)15)17-13(16-9)8(7)4-5-10(13)14/h7-11,14-15H,4-6H2,1-3H3. The smallest absolute Gasteiger partial charge is 0.198 e. The summed E-state index contributed by atoms with van der Waals surface area (Å²) < 4.78 is 12.0. The van der Waals surface area contributed by atoms with Crippen molar-refractivity contribution in [2.45, 2.75) is 69.7 Å². The Kier molecular flexibility index (Phi) is 2.41. The molecule has 0 aromatic carbocycles. The van der Waals surface area contributed by atoms with Gasteiger partial charge in [0.05, 0.1) is 11.7 Å². The first-order chi connectivity index (χ1) is 7.84. The Morgan fingerprint density at radius 1 is 1.24 bits per heavy atom. The van der Waals surface area contributed by atoms with E-state index in [2.05, 4.69) is 6.92 Å². The van der Waals surface area contributed by atoms with Gasteiger partial charge < -0.3 is 19.7 Å². The molecule has 1 saturated carbocycles. The lowest BCUT2D eigenvalue weighted by molar-refractivity contribution is -0.269. The van der Waals surface area contributed by atoms with Crippen LogP contribution in [0.3, 0.4) is 0 Å². The summed E-state index contributed by atoms with van der Waals surface area (Å²) in [4.78, 5) is 0. The normalized spacial score (nSPS) is 53.8. The molecule has 2 saturated heterocycles. The van der Waals surface area contributed by atoms with E-state index in [-0.39, 0.29) is 18.1 Å². The fourth-order valence-electron chi connectivity index (χ4n) is 3.90. The second-order valence-corrected chi connectivity index (χ2v) is 6.48. The van der Waals surface area contributed by atoms with Gasteiger partial charge in [0.2, 0.25) is 0 Å². The van der Waals surface area contributed by atoms with Gasteiger partial charge in [0.25, 0.3) is 0 Å². The van der Waals surface area contributed by atoms with Crippen LogP contribution in [0.5, 0.6) is 0 Å². The fraction of sp³-hybridized carbons (Fsp3) is 1.00. The van der Waals surface area contributed by atoms with Crippen LogP contribution in [0.15, 0.2) is 0 Å². The second kappa shape index (κ2) is 3.44. The van der Waals surface area contributed by atoms with Crippen molar-refractivity contribution in [2.24, 2.45) is 11.8 Å². The molecule has 1 spiro atoms. The summed E-state index contributed by atoms with van der Waals surface area (Å²) in [6.07, 6.45) is 1.63. The van der Waals surface area contributed by atoms with Crippen molar-refractivity contribution in [2.75, 3.05) is 0 Å². The van der Waals surface area contributed by atoms with E-state index >= 15 is 0 Å². The maximum absolute atomic E-state index is 10.2. The molecule has 0 aromatic heterocycles. The van der Waals surface area contributed by atoms with E-state index in [0.717, 1.165) is 19.3 Å². The van der Waals surface area contributed by atoms with Crippen LogP contribution in [0.25, 0.3) is 0 Å². The number of rotatable bonds is 1. The number of aliphatic hydroxyl groups is 2. The molecular formula is C13H22O4. The highest BCUT2D eigenvalue weighted by atomic mass is 16.8. The van der Waals surface area contributed by atoms with E-state index < -0.39 is 17.5 Å². The zero-order chi connectivity index (χ0) is 12.4. The molecule has 4 heteroatoms. The average Bonchev–Trinajstić information content (AvgIpc) is 2.69. The first kappa shape index (κ1) is 11.9. The summed E-state index contributed by atoms with van der Waals surface area (Å²) in [5.41, 5.74) is -0.926. The van der Waals surface area contributed by atoms with E-state index in [0.29, 0.717) is 5.92 Å². The Labute approximate surface area is 102 Å². The van der Waals surface area contributed by atoms with E-state index in [1.54, 1.807) is 13.8 Å². The van der Waals surface area contributed by atoms with Crippen LogP contribution in [-0.2, 0) is 9.47 Å². The highest BCUT2D eigenvalue weighted by Gasteiger charge is 2.66. The third-order valence-electron chi connectivity index (χ3n) is 4.70. The van der Waals surface area contributed by atoms with Gasteiger partial charge in [-0.1, -0.05) is 6.92 Å². The molecule has 0 amide bonds. The number of hydrogen-bond acceptors (Lipinski definition) is 4. The Bertz CT molecular complexity index is 324. The minimum Gasteiger partial charge on any atom is -0.388 e. The van der Waals surface area contributed by atoms with Crippen LogP contribution in [-0.4, -0.2) is 39.9 Å². The van der Waals surface area contributed by atoms with Crippen molar-refractivity contribution in [3.05, 3.63) is 0 Å². The summed E-state index contributed by atoms with van der Waals surface area (Å²) >= 11 is 0. The minimum absolute atomic E-state index is 0.0889. The van der Waals surface area contributed by atoms with Crippen molar-refractivity contribution in [1.82, 2.24) is 0 Å². The predicted octanol–water partition coefficient (Wildman–Crippen LogP) is 1.05. The summed E-state index contributed by atoms with van der Waals surface area (Å²) in [6, 6.07) is 0. The molecule has 3 fully saturated rings. The zero-order valence-electron chi connectivity index (χ0n) is 10.7. The Morgan fingerprint density at radius 2 is 1.94 bits per heavy atom. The lowest BCUT2D eigenvalue weighted by atomic mass is 9.81. The molecule has 17 heavy (non-hydrogen) atoms. The van der Waals surface area contributed by atoms with E-state index in [1.807, 2.05) is 0 Å². The third-order valence-corrected chi connectivity index (χ3v) is 4.70. The first-order valence-electron chi connectivity index (χ1n) is 6.60. The third kappa shape index (κ3) is 1.51. The van der Waals surface area contributed by atoms with Crippen molar-refractivity contribution >= 4 is 0 Å². The maximum atomic E-state index is 10.2. The van der Waals surface area contributed by atoms with Crippen molar-refractivity contribution in [1.29, 1.82) is 0 Å². The molecule has 0 radical (unpaired) electrons. The highest BCUT2D eigenvalue weighted by Crippen LogP contribution is 2.56. The van der Waals surface area contributed by atoms with Gasteiger partial charge in [0, 0.05) is 5.92 Å². The van der Waals surface area contributed by atoms with Gasteiger partial charge in [-0.2, -0.15) is 0 Å². The molecule has 4 nitrogen and oxygen atoms in total. The van der Waals surface area contributed by atoms with Crippen LogP contribution >= 0.6 is 0 Å². The van der Waals surface area contributed by atoms with Crippen LogP contribution < -0.4 is 0 Å². The van der Waals surface area contributed by atoms with Gasteiger partial charge >= 0.3 is 0 Å². The molecule has 2 aliphatic heterocycles. The summed E-state index contributed by atoms with van der Waals surface area (Å²) in [7, 11) is 0. The Morgan fingerprint density at radius 3 is 2.59 bits per heavy atom. The first-order valence-corrected chi connectivity index (χ1v) is 6.60. The van der Waals surface area contributed by atoms with Gasteiger partial charge in [0.15, 0.2) is 5.79 Å². The molecular weight excluding hydrogens is 220 g/mol. The van der Waals surface area contributed by atoms with Crippen molar-refractivity contribution in [3.8, 4) is 0 Å². The molecule has 6 atom stereocenters. The lowest BCUT2D eigenvalue weighted by Gasteiger charge is -2.39. The summed E-state index contributed by atoms with van der Waals surface area (Å²) in [5.74, 6) is -0.0909. The number of hydrogen-bond donors (Lipinski definition) is 2. The maximum Gasteiger partial charge on any atom is 0.198 e. The van der Waals surface area contributed by atoms with Gasteiger partial charge in [-0.25, -0.2) is 0 Å². The molecule has 0 aromatic rings. The van der Waals surface area contributed by atoms with Crippen LogP contribution in [0.4, 0.5) is 0 Å². The number of fused-ring (bicyclic) bond motifs is 1. The van der Waals surface area contributed by atoms with Gasteiger partial charge in [-0.05, 0) is 39.0 Å². The monoisotopic (exact) mass is 242 g/mol. The van der Waals surface area contributed by atoms with Gasteiger partial charge in [-0.3, -0.25) is 0 Å². The van der Waals surface area contributed by atoms with Gasteiger partial charge in [0.1, 0.15) is 12.2 Å². The van der Waals surface area contributed by atoms with Crippen LogP contribution in [0, 0.1) is 11.8 Å². The van der Waals surface area contributed by atoms with Crippen LogP contribution in [0.1, 0.15) is 40.0 Å². The number of aliphatic hydroxyl groups excluding tert-OH is 1. The largest absolute Gasteiger partial charge is 0.388 e. The molecule has 6 unspecified atom stereocenters.